The van der Waals surface area contributed by atoms with Crippen molar-refractivity contribution in [3.8, 4) is 0 Å². The number of allylic oxidation sites excluding steroid dienone is 2. The van der Waals surface area contributed by atoms with Gasteiger partial charge in [0.1, 0.15) is 24.4 Å². The van der Waals surface area contributed by atoms with Crippen LogP contribution in [-0.2, 0) is 28.9 Å². The van der Waals surface area contributed by atoms with E-state index < -0.39 is 59.9 Å². The lowest BCUT2D eigenvalue weighted by molar-refractivity contribution is -0.298. The first kappa shape index (κ1) is 55.9. The maximum Gasteiger partial charge on any atom is 0.397 e. The fraction of sp³-hybridized carbons (Fsp3) is 0.935. The third-order valence-electron chi connectivity index (χ3n) is 11.6. The molecule has 6 N–H and O–H groups in total. The molecule has 0 aliphatic carbocycles. The van der Waals surface area contributed by atoms with Crippen LogP contribution in [0, 0.1) is 0 Å². The third-order valence-corrected chi connectivity index (χ3v) is 12.0. The Morgan fingerprint density at radius 3 is 1.53 bits per heavy atom. The van der Waals surface area contributed by atoms with Crippen LogP contribution in [0.2, 0.25) is 0 Å². The van der Waals surface area contributed by atoms with Gasteiger partial charge in [-0.3, -0.25) is 9.35 Å². The molecule has 1 aliphatic rings. The largest absolute Gasteiger partial charge is 0.397 e. The molecule has 59 heavy (non-hydrogen) atoms. The first-order valence-corrected chi connectivity index (χ1v) is 25.4. The topological polar surface area (TPSA) is 192 Å². The van der Waals surface area contributed by atoms with Gasteiger partial charge in [-0.1, -0.05) is 187 Å². The van der Waals surface area contributed by atoms with Gasteiger partial charge in [-0.2, -0.15) is 8.42 Å². The van der Waals surface area contributed by atoms with Crippen LogP contribution in [0.15, 0.2) is 12.2 Å². The minimum Gasteiger partial charge on any atom is -0.394 e. The summed E-state index contributed by atoms with van der Waals surface area (Å²) in [4.78, 5) is 13.0. The van der Waals surface area contributed by atoms with Gasteiger partial charge in [-0.05, 0) is 38.5 Å². The van der Waals surface area contributed by atoms with Gasteiger partial charge in [-0.25, -0.2) is 4.18 Å². The zero-order chi connectivity index (χ0) is 43.4. The normalized spacial score (nSPS) is 21.0. The highest BCUT2D eigenvalue weighted by molar-refractivity contribution is 7.80. The number of ether oxygens (including phenoxy) is 2. The molecule has 1 rings (SSSR count). The number of aliphatic hydroxyl groups is 4. The standard InChI is InChI=1S/C46H89NO11S/c1-3-5-7-9-11-13-15-17-19-21-23-25-27-29-31-33-35-40(49)39(38-56-46-44(52)45(58-59(53,54)55)43(51)41(37-48)57-46)47-42(50)36-34-32-30-28-26-24-22-20-18-16-14-12-10-8-6-4-2/h20,22,39-41,43-46,48-49,51-52H,3-19,21,23-38H2,1-2H3,(H,47,50)(H,53,54,55)/b22-20-. The second kappa shape index (κ2) is 37.4. The summed E-state index contributed by atoms with van der Waals surface area (Å²) in [5, 5.41) is 44.9. The summed E-state index contributed by atoms with van der Waals surface area (Å²) in [6, 6.07) is -0.858. The van der Waals surface area contributed by atoms with E-state index in [1.54, 1.807) is 0 Å². The Labute approximate surface area is 360 Å². The quantitative estimate of drug-likeness (QED) is 0.0195. The van der Waals surface area contributed by atoms with Crippen molar-refractivity contribution in [1.29, 1.82) is 0 Å². The SMILES string of the molecule is CCCCCCCCC/C=C\CCCCCCCC(=O)NC(COC1OC(CO)C(O)C(OS(=O)(=O)O)C1O)C(O)CCCCCCCCCCCCCCCCCC. The van der Waals surface area contributed by atoms with Crippen LogP contribution in [0.3, 0.4) is 0 Å². The summed E-state index contributed by atoms with van der Waals surface area (Å²) in [6.07, 6.45) is 32.0. The molecule has 13 heteroatoms. The summed E-state index contributed by atoms with van der Waals surface area (Å²) in [6.45, 7) is 3.45. The van der Waals surface area contributed by atoms with Crippen LogP contribution in [0.4, 0.5) is 0 Å². The molecule has 1 amide bonds. The van der Waals surface area contributed by atoms with Crippen molar-refractivity contribution in [2.45, 2.75) is 262 Å². The Morgan fingerprint density at radius 1 is 0.661 bits per heavy atom. The number of unbranched alkanes of at least 4 members (excludes halogenated alkanes) is 27. The molecule has 0 spiro atoms. The lowest BCUT2D eigenvalue weighted by Crippen LogP contribution is -2.61. The smallest absolute Gasteiger partial charge is 0.394 e. The number of hydrogen-bond acceptors (Lipinski definition) is 10. The van der Waals surface area contributed by atoms with Gasteiger partial charge in [0.15, 0.2) is 6.29 Å². The maximum absolute atomic E-state index is 13.0. The van der Waals surface area contributed by atoms with E-state index in [-0.39, 0.29) is 18.9 Å². The van der Waals surface area contributed by atoms with Crippen molar-refractivity contribution in [3.05, 3.63) is 12.2 Å². The van der Waals surface area contributed by atoms with E-state index in [2.05, 4.69) is 35.5 Å². The van der Waals surface area contributed by atoms with Crippen LogP contribution in [0.1, 0.15) is 219 Å². The van der Waals surface area contributed by atoms with Crippen molar-refractivity contribution in [3.63, 3.8) is 0 Å². The molecule has 0 saturated carbocycles. The fourth-order valence-corrected chi connectivity index (χ4v) is 8.32. The van der Waals surface area contributed by atoms with E-state index in [1.165, 1.54) is 122 Å². The molecular weight excluding hydrogens is 775 g/mol. The molecule has 1 fully saturated rings. The zero-order valence-corrected chi connectivity index (χ0v) is 38.1. The highest BCUT2D eigenvalue weighted by Gasteiger charge is 2.48. The van der Waals surface area contributed by atoms with Crippen molar-refractivity contribution >= 4 is 16.3 Å². The van der Waals surface area contributed by atoms with E-state index >= 15 is 0 Å². The predicted octanol–water partition coefficient (Wildman–Crippen LogP) is 9.55. The van der Waals surface area contributed by atoms with E-state index in [0.717, 1.165) is 64.2 Å². The van der Waals surface area contributed by atoms with Gasteiger partial charge in [0, 0.05) is 6.42 Å². The van der Waals surface area contributed by atoms with Crippen LogP contribution in [0.25, 0.3) is 0 Å². The van der Waals surface area contributed by atoms with E-state index in [4.69, 9.17) is 9.47 Å². The fourth-order valence-electron chi connectivity index (χ4n) is 7.81. The lowest BCUT2D eigenvalue weighted by Gasteiger charge is -2.41. The molecule has 0 aromatic rings. The van der Waals surface area contributed by atoms with Gasteiger partial charge in [0.05, 0.1) is 25.4 Å². The van der Waals surface area contributed by atoms with E-state index in [0.29, 0.717) is 12.8 Å². The summed E-state index contributed by atoms with van der Waals surface area (Å²) >= 11 is 0. The van der Waals surface area contributed by atoms with E-state index in [1.807, 2.05) is 0 Å². The highest BCUT2D eigenvalue weighted by atomic mass is 32.3. The summed E-state index contributed by atoms with van der Waals surface area (Å²) < 4.78 is 47.7. The van der Waals surface area contributed by atoms with Gasteiger partial charge in [0.2, 0.25) is 5.91 Å². The number of aliphatic hydroxyl groups excluding tert-OH is 4. The molecule has 1 heterocycles. The average molecular weight is 864 g/mol. The number of carbonyl (C=O) groups excluding carboxylic acids is 1. The summed E-state index contributed by atoms with van der Waals surface area (Å²) in [5.74, 6) is -0.237. The Morgan fingerprint density at radius 2 is 1.08 bits per heavy atom. The second-order valence-electron chi connectivity index (χ2n) is 17.0. The molecule has 0 radical (unpaired) electrons. The Balaban J connectivity index is 2.48. The van der Waals surface area contributed by atoms with Crippen molar-refractivity contribution < 1.29 is 51.8 Å². The van der Waals surface area contributed by atoms with Gasteiger partial charge in [0.25, 0.3) is 0 Å². The van der Waals surface area contributed by atoms with Crippen molar-refractivity contribution in [1.82, 2.24) is 5.32 Å². The average Bonchev–Trinajstić information content (AvgIpc) is 3.20. The highest BCUT2D eigenvalue weighted by Crippen LogP contribution is 2.26. The summed E-state index contributed by atoms with van der Waals surface area (Å²) in [7, 11) is -5.07. The number of hydrogen-bond donors (Lipinski definition) is 6. The van der Waals surface area contributed by atoms with Crippen molar-refractivity contribution in [2.75, 3.05) is 13.2 Å². The molecule has 0 aromatic carbocycles. The zero-order valence-electron chi connectivity index (χ0n) is 37.3. The summed E-state index contributed by atoms with van der Waals surface area (Å²) in [5.41, 5.74) is 0. The third kappa shape index (κ3) is 30.5. The van der Waals surface area contributed by atoms with Gasteiger partial charge >= 0.3 is 10.4 Å². The first-order chi connectivity index (χ1) is 28.5. The van der Waals surface area contributed by atoms with Gasteiger partial charge in [-0.15, -0.1) is 0 Å². The Bertz CT molecular complexity index is 1110. The number of rotatable bonds is 41. The Kier molecular flexibility index (Phi) is 35.4. The monoisotopic (exact) mass is 864 g/mol. The van der Waals surface area contributed by atoms with Crippen LogP contribution in [0.5, 0.6) is 0 Å². The maximum atomic E-state index is 13.0. The number of amides is 1. The molecule has 7 unspecified atom stereocenters. The minimum absolute atomic E-state index is 0.237. The molecule has 12 nitrogen and oxygen atoms in total. The minimum atomic E-state index is -5.07. The molecule has 0 aromatic heterocycles. The lowest BCUT2D eigenvalue weighted by atomic mass is 9.99. The first-order valence-electron chi connectivity index (χ1n) is 24.1. The molecule has 350 valence electrons. The van der Waals surface area contributed by atoms with Crippen LogP contribution in [-0.4, -0.2) is 95.4 Å². The van der Waals surface area contributed by atoms with Crippen LogP contribution >= 0.6 is 0 Å². The van der Waals surface area contributed by atoms with Crippen molar-refractivity contribution in [2.24, 2.45) is 0 Å². The Hall–Kier alpha value is -1.16. The van der Waals surface area contributed by atoms with E-state index in [9.17, 15) is 38.2 Å². The predicted molar refractivity (Wildman–Crippen MR) is 236 cm³/mol. The molecular formula is C46H89NO11S. The van der Waals surface area contributed by atoms with Gasteiger partial charge < -0.3 is 35.2 Å². The molecule has 0 bridgehead atoms. The van der Waals surface area contributed by atoms with Crippen LogP contribution < -0.4 is 5.32 Å². The number of carbonyl (C=O) groups is 1. The molecule has 1 saturated heterocycles. The molecule has 7 atom stereocenters. The number of nitrogens with one attached hydrogen (secondary N) is 1. The molecule has 1 aliphatic heterocycles. The second-order valence-corrected chi connectivity index (χ2v) is 18.1.